The molecule has 0 spiro atoms. The van der Waals surface area contributed by atoms with Gasteiger partial charge in [-0.25, -0.2) is 9.59 Å². The van der Waals surface area contributed by atoms with Crippen LogP contribution in [0.25, 0.3) is 0 Å². The SMILES string of the molecule is C/C1=C\CC[C@@]2(C)O[C@H]2[C@H]2OC(=O)[C@@H](CNNC(C)(C)C)[C@@H]2CC1.O=C(O)/C=C/C(=O)O. The predicted molar refractivity (Wildman–Crippen MR) is 118 cm³/mol. The number of hydrogen-bond acceptors (Lipinski definition) is 7. The van der Waals surface area contributed by atoms with Gasteiger partial charge in [-0.3, -0.25) is 15.6 Å². The van der Waals surface area contributed by atoms with E-state index in [9.17, 15) is 14.4 Å². The van der Waals surface area contributed by atoms with Gasteiger partial charge in [0.25, 0.3) is 0 Å². The molecule has 2 saturated heterocycles. The lowest BCUT2D eigenvalue weighted by Crippen LogP contribution is -2.49. The van der Waals surface area contributed by atoms with Gasteiger partial charge in [-0.15, -0.1) is 0 Å². The number of nitrogens with one attached hydrogen (secondary N) is 2. The van der Waals surface area contributed by atoms with Crippen molar-refractivity contribution >= 4 is 17.9 Å². The molecule has 0 bridgehead atoms. The lowest BCUT2D eigenvalue weighted by molar-refractivity contribution is -0.145. The normalized spacial score (nSPS) is 33.7. The van der Waals surface area contributed by atoms with Crippen molar-refractivity contribution in [2.45, 2.75) is 83.6 Å². The summed E-state index contributed by atoms with van der Waals surface area (Å²) in [5.74, 6) is -2.47. The molecule has 2 fully saturated rings. The third kappa shape index (κ3) is 7.72. The number of carboxylic acid groups (broad SMARTS) is 2. The number of rotatable bonds is 5. The van der Waals surface area contributed by atoms with Crippen molar-refractivity contribution in [2.24, 2.45) is 11.8 Å². The third-order valence-corrected chi connectivity index (χ3v) is 5.89. The monoisotopic (exact) mass is 452 g/mol. The lowest BCUT2D eigenvalue weighted by Gasteiger charge is -2.25. The summed E-state index contributed by atoms with van der Waals surface area (Å²) in [7, 11) is 0. The van der Waals surface area contributed by atoms with Gasteiger partial charge < -0.3 is 19.7 Å². The quantitative estimate of drug-likeness (QED) is 0.163. The molecule has 0 aromatic rings. The molecule has 180 valence electrons. The van der Waals surface area contributed by atoms with Crippen LogP contribution in [0.5, 0.6) is 0 Å². The summed E-state index contributed by atoms with van der Waals surface area (Å²) in [5, 5.41) is 15.6. The van der Waals surface area contributed by atoms with E-state index < -0.39 is 11.9 Å². The minimum atomic E-state index is -1.26. The second-order valence-electron chi connectivity index (χ2n) is 9.92. The second kappa shape index (κ2) is 10.6. The Hall–Kier alpha value is -2.23. The minimum absolute atomic E-state index is 0.0320. The summed E-state index contributed by atoms with van der Waals surface area (Å²) in [6.07, 6.45) is 7.49. The van der Waals surface area contributed by atoms with Crippen molar-refractivity contribution < 1.29 is 34.1 Å². The first-order chi connectivity index (χ1) is 14.8. The Morgan fingerprint density at radius 3 is 2.44 bits per heavy atom. The molecule has 2 aliphatic heterocycles. The van der Waals surface area contributed by atoms with Crippen molar-refractivity contribution in [3.8, 4) is 0 Å². The van der Waals surface area contributed by atoms with E-state index in [0.717, 1.165) is 25.7 Å². The van der Waals surface area contributed by atoms with Gasteiger partial charge in [0.05, 0.1) is 11.5 Å². The summed E-state index contributed by atoms with van der Waals surface area (Å²) in [6, 6.07) is 0. The highest BCUT2D eigenvalue weighted by Gasteiger charge is 2.62. The van der Waals surface area contributed by atoms with Gasteiger partial charge in [-0.2, -0.15) is 0 Å². The van der Waals surface area contributed by atoms with Crippen LogP contribution in [0.3, 0.4) is 0 Å². The molecule has 3 rings (SSSR count). The number of hydrogen-bond donors (Lipinski definition) is 4. The van der Waals surface area contributed by atoms with Crippen LogP contribution in [0.4, 0.5) is 0 Å². The van der Waals surface area contributed by atoms with Crippen LogP contribution in [-0.4, -0.2) is 58.0 Å². The fourth-order valence-corrected chi connectivity index (χ4v) is 4.14. The molecule has 9 nitrogen and oxygen atoms in total. The number of epoxide rings is 1. The maximum atomic E-state index is 12.5. The number of hydrazine groups is 1. The zero-order valence-electron chi connectivity index (χ0n) is 19.5. The van der Waals surface area contributed by atoms with E-state index in [1.54, 1.807) is 0 Å². The Balaban J connectivity index is 0.000000390. The van der Waals surface area contributed by atoms with Gasteiger partial charge in [0, 0.05) is 30.2 Å². The van der Waals surface area contributed by atoms with E-state index in [0.29, 0.717) is 18.7 Å². The fraction of sp³-hybridized carbons (Fsp3) is 0.696. The third-order valence-electron chi connectivity index (χ3n) is 5.89. The summed E-state index contributed by atoms with van der Waals surface area (Å²) < 4.78 is 11.8. The molecule has 1 aliphatic carbocycles. The summed E-state index contributed by atoms with van der Waals surface area (Å²) in [5.41, 5.74) is 7.75. The highest BCUT2D eigenvalue weighted by atomic mass is 16.6. The van der Waals surface area contributed by atoms with Gasteiger partial charge in [-0.1, -0.05) is 11.6 Å². The van der Waals surface area contributed by atoms with Crippen molar-refractivity contribution in [1.82, 2.24) is 10.9 Å². The number of ether oxygens (including phenoxy) is 2. The zero-order chi connectivity index (χ0) is 24.1. The van der Waals surface area contributed by atoms with Crippen molar-refractivity contribution in [1.29, 1.82) is 0 Å². The van der Waals surface area contributed by atoms with Gasteiger partial charge >= 0.3 is 17.9 Å². The molecule has 0 aromatic heterocycles. The smallest absolute Gasteiger partial charge is 0.328 e. The van der Waals surface area contributed by atoms with Gasteiger partial charge in [0.2, 0.25) is 0 Å². The lowest BCUT2D eigenvalue weighted by atomic mass is 9.81. The fourth-order valence-electron chi connectivity index (χ4n) is 4.14. The number of aliphatic carboxylic acids is 2. The van der Waals surface area contributed by atoms with E-state index in [4.69, 9.17) is 19.7 Å². The molecule has 0 aromatic carbocycles. The molecular weight excluding hydrogens is 416 g/mol. The number of allylic oxidation sites excluding steroid dienone is 2. The number of carbonyl (C=O) groups excluding carboxylic acids is 1. The molecule has 0 unspecified atom stereocenters. The number of esters is 1. The van der Waals surface area contributed by atoms with Crippen LogP contribution in [0.1, 0.15) is 60.3 Å². The zero-order valence-corrected chi connectivity index (χ0v) is 19.5. The standard InChI is InChI=1S/C19H32N2O3.C4H4O4/c1-12-7-6-10-19(5)16(24-19)15-13(9-8-12)14(17(22)23-15)11-20-21-18(2,3)4;5-3(6)1-2-4(7)8/h7,13-16,20-21H,6,8-11H2,1-5H3;1-2H,(H,5,6)(H,7,8)/b12-7+;2-1+/t13-,14-,15-,16-,19+;/m0./s1. The Morgan fingerprint density at radius 2 is 1.88 bits per heavy atom. The van der Waals surface area contributed by atoms with E-state index in [1.165, 1.54) is 5.57 Å². The van der Waals surface area contributed by atoms with Gasteiger partial charge in [0.1, 0.15) is 12.2 Å². The van der Waals surface area contributed by atoms with E-state index >= 15 is 0 Å². The molecule has 0 saturated carbocycles. The molecule has 3 aliphatic rings. The maximum absolute atomic E-state index is 12.5. The van der Waals surface area contributed by atoms with Crippen LogP contribution < -0.4 is 10.9 Å². The Bertz CT molecular complexity index is 755. The Kier molecular flexibility index (Phi) is 8.61. The average Bonchev–Trinajstić information content (AvgIpc) is 3.23. The van der Waals surface area contributed by atoms with E-state index in [1.807, 2.05) is 0 Å². The summed E-state index contributed by atoms with van der Waals surface area (Å²) in [4.78, 5) is 31.6. The minimum Gasteiger partial charge on any atom is -0.478 e. The van der Waals surface area contributed by atoms with Gasteiger partial charge in [-0.05, 0) is 60.3 Å². The molecule has 2 heterocycles. The molecule has 0 radical (unpaired) electrons. The largest absolute Gasteiger partial charge is 0.478 e. The van der Waals surface area contributed by atoms with Crippen molar-refractivity contribution in [3.05, 3.63) is 23.8 Å². The average molecular weight is 453 g/mol. The second-order valence-corrected chi connectivity index (χ2v) is 9.92. The molecule has 9 heteroatoms. The van der Waals surface area contributed by atoms with Crippen LogP contribution in [0.2, 0.25) is 0 Å². The summed E-state index contributed by atoms with van der Waals surface area (Å²) >= 11 is 0. The summed E-state index contributed by atoms with van der Waals surface area (Å²) in [6.45, 7) is 11.2. The van der Waals surface area contributed by atoms with Crippen molar-refractivity contribution in [3.63, 3.8) is 0 Å². The number of fused-ring (bicyclic) bond motifs is 3. The molecule has 5 atom stereocenters. The highest BCUT2D eigenvalue weighted by molar-refractivity contribution is 5.89. The number of carbonyl (C=O) groups is 3. The number of carboxylic acids is 2. The van der Waals surface area contributed by atoms with E-state index in [-0.39, 0.29) is 41.2 Å². The van der Waals surface area contributed by atoms with Gasteiger partial charge in [0.15, 0.2) is 0 Å². The van der Waals surface area contributed by atoms with Crippen molar-refractivity contribution in [2.75, 3.05) is 6.54 Å². The molecule has 4 N–H and O–H groups in total. The Morgan fingerprint density at radius 1 is 1.25 bits per heavy atom. The van der Waals surface area contributed by atoms with Crippen LogP contribution in [0.15, 0.2) is 23.8 Å². The Labute approximate surface area is 189 Å². The topological polar surface area (TPSA) is 137 Å². The van der Waals surface area contributed by atoms with Crippen LogP contribution in [-0.2, 0) is 23.9 Å². The molecular formula is C23H36N2O7. The first-order valence-corrected chi connectivity index (χ1v) is 11.0. The van der Waals surface area contributed by atoms with E-state index in [2.05, 4.69) is 51.5 Å². The first kappa shape index (κ1) is 26.0. The van der Waals surface area contributed by atoms with Crippen LogP contribution in [0, 0.1) is 11.8 Å². The highest BCUT2D eigenvalue weighted by Crippen LogP contribution is 2.50. The molecule has 32 heavy (non-hydrogen) atoms. The first-order valence-electron chi connectivity index (χ1n) is 11.0. The predicted octanol–water partition coefficient (Wildman–Crippen LogP) is 2.43. The molecule has 0 amide bonds. The maximum Gasteiger partial charge on any atom is 0.328 e. The van der Waals surface area contributed by atoms with Crippen LogP contribution >= 0.6 is 0 Å².